The Hall–Kier alpha value is -1.96. The van der Waals surface area contributed by atoms with Gasteiger partial charge in [-0.2, -0.15) is 0 Å². The van der Waals surface area contributed by atoms with Gasteiger partial charge in [0, 0.05) is 11.8 Å². The first-order valence-electron chi connectivity index (χ1n) is 5.10. The van der Waals surface area contributed by atoms with Crippen LogP contribution in [0.15, 0.2) is 42.5 Å². The molecule has 1 nitrogen and oxygen atoms in total. The molecular formula is C14H11FO. The van der Waals surface area contributed by atoms with Crippen LogP contribution >= 0.6 is 0 Å². The van der Waals surface area contributed by atoms with Gasteiger partial charge in [0.25, 0.3) is 0 Å². The monoisotopic (exact) mass is 214 g/mol. The molecule has 2 rings (SSSR count). The van der Waals surface area contributed by atoms with Gasteiger partial charge in [0.2, 0.25) is 0 Å². The van der Waals surface area contributed by atoms with Crippen molar-refractivity contribution in [1.82, 2.24) is 0 Å². The maximum atomic E-state index is 13.5. The van der Waals surface area contributed by atoms with Gasteiger partial charge < -0.3 is 4.79 Å². The summed E-state index contributed by atoms with van der Waals surface area (Å²) in [6, 6.07) is 10.5. The highest BCUT2D eigenvalue weighted by Crippen LogP contribution is 2.22. The molecule has 2 aromatic rings. The minimum Gasteiger partial charge on any atom is -0.303 e. The third-order valence-corrected chi connectivity index (χ3v) is 2.43. The molecular weight excluding hydrogens is 203 g/mol. The molecule has 0 saturated heterocycles. The van der Waals surface area contributed by atoms with Crippen molar-refractivity contribution < 1.29 is 9.18 Å². The zero-order chi connectivity index (χ0) is 11.4. The highest BCUT2D eigenvalue weighted by atomic mass is 19.1. The lowest BCUT2D eigenvalue weighted by molar-refractivity contribution is -0.107. The van der Waals surface area contributed by atoms with E-state index in [1.165, 1.54) is 6.07 Å². The predicted molar refractivity (Wildman–Crippen MR) is 63.6 cm³/mol. The van der Waals surface area contributed by atoms with E-state index in [2.05, 4.69) is 0 Å². The first-order chi connectivity index (χ1) is 7.83. The molecule has 2 heteroatoms. The van der Waals surface area contributed by atoms with Crippen molar-refractivity contribution in [3.63, 3.8) is 0 Å². The molecule has 2 aromatic carbocycles. The van der Waals surface area contributed by atoms with Crippen LogP contribution < -0.4 is 0 Å². The van der Waals surface area contributed by atoms with Crippen LogP contribution in [0.1, 0.15) is 12.0 Å². The summed E-state index contributed by atoms with van der Waals surface area (Å²) in [6.07, 6.45) is 4.83. The van der Waals surface area contributed by atoms with Gasteiger partial charge in [-0.15, -0.1) is 0 Å². The zero-order valence-corrected chi connectivity index (χ0v) is 8.69. The summed E-state index contributed by atoms with van der Waals surface area (Å²) in [5, 5.41) is 1.47. The van der Waals surface area contributed by atoms with E-state index in [1.54, 1.807) is 18.2 Å². The lowest BCUT2D eigenvalue weighted by Gasteiger charge is -2.02. The van der Waals surface area contributed by atoms with Gasteiger partial charge in [-0.05, 0) is 17.0 Å². The Morgan fingerprint density at radius 2 is 1.81 bits per heavy atom. The second-order valence-corrected chi connectivity index (χ2v) is 3.49. The Labute approximate surface area is 93.2 Å². The molecule has 80 valence electrons. The van der Waals surface area contributed by atoms with Crippen molar-refractivity contribution >= 4 is 23.1 Å². The molecule has 0 atom stereocenters. The van der Waals surface area contributed by atoms with Crippen molar-refractivity contribution in [2.45, 2.75) is 6.42 Å². The van der Waals surface area contributed by atoms with Crippen LogP contribution in [0.25, 0.3) is 16.8 Å². The number of benzene rings is 2. The Morgan fingerprint density at radius 1 is 1.06 bits per heavy atom. The number of carbonyl (C=O) groups excluding carboxylic acids is 1. The highest BCUT2D eigenvalue weighted by Gasteiger charge is 2.02. The summed E-state index contributed by atoms with van der Waals surface area (Å²) in [7, 11) is 0. The number of hydrogen-bond donors (Lipinski definition) is 0. The Balaban J connectivity index is 2.54. The quantitative estimate of drug-likeness (QED) is 0.714. The van der Waals surface area contributed by atoms with Gasteiger partial charge in [0.05, 0.1) is 0 Å². The standard InChI is InChI=1S/C14H11FO/c15-14-9-8-11(5-3-4-10-16)12-6-1-2-7-13(12)14/h1-3,5-10H,4H2. The molecule has 16 heavy (non-hydrogen) atoms. The fourth-order valence-electron chi connectivity index (χ4n) is 1.68. The zero-order valence-electron chi connectivity index (χ0n) is 8.69. The van der Waals surface area contributed by atoms with Crippen LogP contribution in [-0.4, -0.2) is 6.29 Å². The van der Waals surface area contributed by atoms with Crippen LogP contribution in [0.4, 0.5) is 4.39 Å². The normalized spacial score (nSPS) is 11.1. The van der Waals surface area contributed by atoms with Gasteiger partial charge in [0.15, 0.2) is 0 Å². The van der Waals surface area contributed by atoms with Crippen molar-refractivity contribution in [3.05, 3.63) is 53.9 Å². The first kappa shape index (κ1) is 10.6. The molecule has 0 fully saturated rings. The number of allylic oxidation sites excluding steroid dienone is 1. The van der Waals surface area contributed by atoms with Crippen molar-refractivity contribution in [2.24, 2.45) is 0 Å². The molecule has 0 saturated carbocycles. The number of halogens is 1. The Morgan fingerprint density at radius 3 is 2.56 bits per heavy atom. The third kappa shape index (κ3) is 2.01. The summed E-state index contributed by atoms with van der Waals surface area (Å²) in [5.41, 5.74) is 0.929. The van der Waals surface area contributed by atoms with E-state index in [4.69, 9.17) is 0 Å². The molecule has 0 unspecified atom stereocenters. The summed E-state index contributed by atoms with van der Waals surface area (Å²) >= 11 is 0. The molecule has 0 N–H and O–H groups in total. The van der Waals surface area contributed by atoms with E-state index in [1.807, 2.05) is 24.3 Å². The first-order valence-corrected chi connectivity index (χ1v) is 5.10. The SMILES string of the molecule is O=CCC=Cc1ccc(F)c2ccccc12. The minimum atomic E-state index is -0.219. The maximum Gasteiger partial charge on any atom is 0.131 e. The van der Waals surface area contributed by atoms with Gasteiger partial charge >= 0.3 is 0 Å². The largest absolute Gasteiger partial charge is 0.303 e. The topological polar surface area (TPSA) is 17.1 Å². The number of rotatable bonds is 3. The van der Waals surface area contributed by atoms with Gasteiger partial charge in [0.1, 0.15) is 12.1 Å². The average molecular weight is 214 g/mol. The lowest BCUT2D eigenvalue weighted by Crippen LogP contribution is -1.83. The van der Waals surface area contributed by atoms with E-state index in [9.17, 15) is 9.18 Å². The average Bonchev–Trinajstić information content (AvgIpc) is 2.33. The van der Waals surface area contributed by atoms with Crippen LogP contribution in [0.2, 0.25) is 0 Å². The molecule has 0 bridgehead atoms. The minimum absolute atomic E-state index is 0.219. The number of hydrogen-bond acceptors (Lipinski definition) is 1. The number of fused-ring (bicyclic) bond motifs is 1. The van der Waals surface area contributed by atoms with Gasteiger partial charge in [-0.25, -0.2) is 4.39 Å². The molecule has 0 spiro atoms. The lowest BCUT2D eigenvalue weighted by atomic mass is 10.0. The molecule has 0 amide bonds. The second-order valence-electron chi connectivity index (χ2n) is 3.49. The van der Waals surface area contributed by atoms with Crippen molar-refractivity contribution in [2.75, 3.05) is 0 Å². The second kappa shape index (κ2) is 4.71. The number of carbonyl (C=O) groups is 1. The summed E-state index contributed by atoms with van der Waals surface area (Å²) < 4.78 is 13.5. The molecule has 0 aliphatic rings. The third-order valence-electron chi connectivity index (χ3n) is 2.43. The van der Waals surface area contributed by atoms with E-state index >= 15 is 0 Å². The van der Waals surface area contributed by atoms with Crippen LogP contribution in [0.3, 0.4) is 0 Å². The highest BCUT2D eigenvalue weighted by molar-refractivity contribution is 5.91. The van der Waals surface area contributed by atoms with E-state index in [0.29, 0.717) is 11.8 Å². The Kier molecular flexibility index (Phi) is 3.10. The van der Waals surface area contributed by atoms with E-state index in [-0.39, 0.29) is 5.82 Å². The van der Waals surface area contributed by atoms with Crippen LogP contribution in [0, 0.1) is 5.82 Å². The molecule has 0 aliphatic carbocycles. The van der Waals surface area contributed by atoms with Crippen molar-refractivity contribution in [3.8, 4) is 0 Å². The summed E-state index contributed by atoms with van der Waals surface area (Å²) in [4.78, 5) is 10.2. The van der Waals surface area contributed by atoms with E-state index in [0.717, 1.165) is 17.2 Å². The fourth-order valence-corrected chi connectivity index (χ4v) is 1.68. The fraction of sp³-hybridized carbons (Fsp3) is 0.0714. The maximum absolute atomic E-state index is 13.5. The van der Waals surface area contributed by atoms with E-state index < -0.39 is 0 Å². The smallest absolute Gasteiger partial charge is 0.131 e. The molecule has 0 aromatic heterocycles. The molecule has 0 radical (unpaired) electrons. The Bertz CT molecular complexity index is 543. The van der Waals surface area contributed by atoms with Crippen LogP contribution in [-0.2, 0) is 4.79 Å². The van der Waals surface area contributed by atoms with Crippen LogP contribution in [0.5, 0.6) is 0 Å². The van der Waals surface area contributed by atoms with Gasteiger partial charge in [-0.1, -0.05) is 42.5 Å². The van der Waals surface area contributed by atoms with Gasteiger partial charge in [-0.3, -0.25) is 0 Å². The molecule has 0 aliphatic heterocycles. The van der Waals surface area contributed by atoms with Crippen molar-refractivity contribution in [1.29, 1.82) is 0 Å². The predicted octanol–water partition coefficient (Wildman–Crippen LogP) is 3.58. The molecule has 0 heterocycles. The summed E-state index contributed by atoms with van der Waals surface area (Å²) in [6.45, 7) is 0. The summed E-state index contributed by atoms with van der Waals surface area (Å²) in [5.74, 6) is -0.219. The number of aldehydes is 1.